The van der Waals surface area contributed by atoms with Crippen molar-refractivity contribution in [3.8, 4) is 11.4 Å². The third-order valence-corrected chi connectivity index (χ3v) is 5.41. The minimum Gasteiger partial charge on any atom is -0.355 e. The number of amides is 1. The molecule has 5 heteroatoms. The lowest BCUT2D eigenvalue weighted by molar-refractivity contribution is 0.0963. The molecular formula is C21H24N4O. The van der Waals surface area contributed by atoms with Gasteiger partial charge in [-0.1, -0.05) is 24.3 Å². The summed E-state index contributed by atoms with van der Waals surface area (Å²) in [5.74, 6) is 0.912. The average molecular weight is 348 g/mol. The number of hydrogen-bond acceptors (Lipinski definition) is 3. The van der Waals surface area contributed by atoms with E-state index in [1.807, 2.05) is 30.3 Å². The van der Waals surface area contributed by atoms with E-state index in [2.05, 4.69) is 47.1 Å². The zero-order chi connectivity index (χ0) is 18.3. The Kier molecular flexibility index (Phi) is 4.24. The van der Waals surface area contributed by atoms with Gasteiger partial charge in [-0.3, -0.25) is 4.79 Å². The van der Waals surface area contributed by atoms with E-state index in [9.17, 15) is 4.79 Å². The fraction of sp³-hybridized carbons (Fsp3) is 0.333. The Morgan fingerprint density at radius 3 is 2.46 bits per heavy atom. The molecule has 0 spiro atoms. The van der Waals surface area contributed by atoms with Gasteiger partial charge in [0.1, 0.15) is 5.82 Å². The van der Waals surface area contributed by atoms with Crippen LogP contribution in [0.2, 0.25) is 0 Å². The summed E-state index contributed by atoms with van der Waals surface area (Å²) in [6.07, 6.45) is 2.27. The van der Waals surface area contributed by atoms with Crippen LogP contribution >= 0.6 is 0 Å². The Morgan fingerprint density at radius 2 is 1.81 bits per heavy atom. The monoisotopic (exact) mass is 348 g/mol. The second-order valence-corrected chi connectivity index (χ2v) is 7.19. The molecule has 5 nitrogen and oxygen atoms in total. The molecule has 0 unspecified atom stereocenters. The summed E-state index contributed by atoms with van der Waals surface area (Å²) >= 11 is 0. The quantitative estimate of drug-likeness (QED) is 0.787. The maximum atomic E-state index is 11.8. The SMILES string of the molecule is CNC(=O)c1ccc(-c2nc3ccccc3n2C2CC(N(C)C)C2)cc1. The van der Waals surface area contributed by atoms with Gasteiger partial charge in [0.05, 0.1) is 11.0 Å². The molecule has 26 heavy (non-hydrogen) atoms. The fourth-order valence-corrected chi connectivity index (χ4v) is 3.72. The van der Waals surface area contributed by atoms with Crippen LogP contribution in [0.5, 0.6) is 0 Å². The molecule has 0 radical (unpaired) electrons. The van der Waals surface area contributed by atoms with Gasteiger partial charge in [0.2, 0.25) is 0 Å². The van der Waals surface area contributed by atoms with E-state index in [1.54, 1.807) is 7.05 Å². The fourth-order valence-electron chi connectivity index (χ4n) is 3.72. The molecule has 1 saturated carbocycles. The summed E-state index contributed by atoms with van der Waals surface area (Å²) in [4.78, 5) is 19.0. The van der Waals surface area contributed by atoms with E-state index in [4.69, 9.17) is 4.98 Å². The summed E-state index contributed by atoms with van der Waals surface area (Å²) in [7, 11) is 5.93. The van der Waals surface area contributed by atoms with Crippen LogP contribution in [0.1, 0.15) is 29.2 Å². The third-order valence-electron chi connectivity index (χ3n) is 5.41. The predicted molar refractivity (Wildman–Crippen MR) is 104 cm³/mol. The number of rotatable bonds is 4. The molecule has 4 rings (SSSR count). The van der Waals surface area contributed by atoms with Crippen molar-refractivity contribution >= 4 is 16.9 Å². The Balaban J connectivity index is 1.75. The second-order valence-electron chi connectivity index (χ2n) is 7.19. The Morgan fingerprint density at radius 1 is 1.12 bits per heavy atom. The van der Waals surface area contributed by atoms with Crippen LogP contribution in [-0.4, -0.2) is 47.5 Å². The van der Waals surface area contributed by atoms with Crippen LogP contribution in [0.3, 0.4) is 0 Å². The van der Waals surface area contributed by atoms with Crippen molar-refractivity contribution in [1.82, 2.24) is 19.8 Å². The number of nitrogens with one attached hydrogen (secondary N) is 1. The number of benzene rings is 2. The number of hydrogen-bond donors (Lipinski definition) is 1. The number of imidazole rings is 1. The smallest absolute Gasteiger partial charge is 0.251 e. The standard InChI is InChI=1S/C21H24N4O/c1-22-21(26)15-10-8-14(9-11-15)20-23-18-6-4-5-7-19(18)25(20)17-12-16(13-17)24(2)3/h4-11,16-17H,12-13H2,1-3H3,(H,22,26). The van der Waals surface area contributed by atoms with Crippen LogP contribution in [0.4, 0.5) is 0 Å². The molecule has 2 aromatic carbocycles. The van der Waals surface area contributed by atoms with E-state index in [0.29, 0.717) is 17.6 Å². The number of aromatic nitrogens is 2. The van der Waals surface area contributed by atoms with Gasteiger partial charge in [-0.05, 0) is 51.2 Å². The van der Waals surface area contributed by atoms with Crippen LogP contribution in [0, 0.1) is 0 Å². The number of carbonyl (C=O) groups is 1. The van der Waals surface area contributed by atoms with Gasteiger partial charge < -0.3 is 14.8 Å². The van der Waals surface area contributed by atoms with Crippen molar-refractivity contribution in [2.45, 2.75) is 24.9 Å². The first kappa shape index (κ1) is 16.8. The first-order chi connectivity index (χ1) is 12.6. The van der Waals surface area contributed by atoms with Gasteiger partial charge in [-0.15, -0.1) is 0 Å². The number of nitrogens with zero attached hydrogens (tertiary/aromatic N) is 3. The zero-order valence-corrected chi connectivity index (χ0v) is 15.4. The molecule has 0 saturated heterocycles. The van der Waals surface area contributed by atoms with Gasteiger partial charge >= 0.3 is 0 Å². The van der Waals surface area contributed by atoms with Gasteiger partial charge in [0.15, 0.2) is 0 Å². The van der Waals surface area contributed by atoms with Crippen LogP contribution < -0.4 is 5.32 Å². The minimum absolute atomic E-state index is 0.0714. The number of carbonyl (C=O) groups excluding carboxylic acids is 1. The third kappa shape index (κ3) is 2.78. The van der Waals surface area contributed by atoms with Crippen LogP contribution in [0.25, 0.3) is 22.4 Å². The first-order valence-corrected chi connectivity index (χ1v) is 9.04. The van der Waals surface area contributed by atoms with Crippen LogP contribution in [0.15, 0.2) is 48.5 Å². The molecule has 3 aromatic rings. The minimum atomic E-state index is -0.0714. The van der Waals surface area contributed by atoms with E-state index >= 15 is 0 Å². The zero-order valence-electron chi connectivity index (χ0n) is 15.4. The van der Waals surface area contributed by atoms with Crippen molar-refractivity contribution in [2.24, 2.45) is 0 Å². The second kappa shape index (κ2) is 6.57. The van der Waals surface area contributed by atoms with Gasteiger partial charge in [-0.25, -0.2) is 4.98 Å². The highest BCUT2D eigenvalue weighted by Gasteiger charge is 2.34. The van der Waals surface area contributed by atoms with Gasteiger partial charge in [0.25, 0.3) is 5.91 Å². The molecule has 1 aliphatic rings. The lowest BCUT2D eigenvalue weighted by Gasteiger charge is -2.41. The average Bonchev–Trinajstić information content (AvgIpc) is 2.99. The molecule has 1 N–H and O–H groups in total. The Labute approximate surface area is 153 Å². The predicted octanol–water partition coefficient (Wildman–Crippen LogP) is 3.33. The molecule has 1 amide bonds. The molecule has 0 atom stereocenters. The first-order valence-electron chi connectivity index (χ1n) is 9.04. The maximum Gasteiger partial charge on any atom is 0.251 e. The molecule has 0 aliphatic heterocycles. The van der Waals surface area contributed by atoms with Crippen molar-refractivity contribution < 1.29 is 4.79 Å². The van der Waals surface area contributed by atoms with Crippen molar-refractivity contribution in [2.75, 3.05) is 21.1 Å². The highest BCUT2D eigenvalue weighted by Crippen LogP contribution is 2.40. The summed E-state index contributed by atoms with van der Waals surface area (Å²) in [6, 6.07) is 17.1. The highest BCUT2D eigenvalue weighted by molar-refractivity contribution is 5.94. The van der Waals surface area contributed by atoms with Crippen molar-refractivity contribution in [3.63, 3.8) is 0 Å². The van der Waals surface area contributed by atoms with E-state index < -0.39 is 0 Å². The maximum absolute atomic E-state index is 11.8. The van der Waals surface area contributed by atoms with Gasteiger partial charge in [0, 0.05) is 30.3 Å². The van der Waals surface area contributed by atoms with Crippen molar-refractivity contribution in [1.29, 1.82) is 0 Å². The molecule has 1 aromatic heterocycles. The number of fused-ring (bicyclic) bond motifs is 1. The molecule has 1 aliphatic carbocycles. The topological polar surface area (TPSA) is 50.2 Å². The highest BCUT2D eigenvalue weighted by atomic mass is 16.1. The Bertz CT molecular complexity index is 936. The molecule has 134 valence electrons. The summed E-state index contributed by atoms with van der Waals surface area (Å²) < 4.78 is 2.38. The summed E-state index contributed by atoms with van der Waals surface area (Å²) in [5, 5.41) is 2.66. The molecule has 1 heterocycles. The molecule has 1 fully saturated rings. The van der Waals surface area contributed by atoms with E-state index in [-0.39, 0.29) is 5.91 Å². The summed E-state index contributed by atoms with van der Waals surface area (Å²) in [5.41, 5.74) is 3.91. The van der Waals surface area contributed by atoms with E-state index in [0.717, 1.165) is 29.7 Å². The van der Waals surface area contributed by atoms with Crippen LogP contribution in [-0.2, 0) is 0 Å². The lowest BCUT2D eigenvalue weighted by Crippen LogP contribution is -2.41. The normalized spacial score (nSPS) is 19.5. The largest absolute Gasteiger partial charge is 0.355 e. The lowest BCUT2D eigenvalue weighted by atomic mass is 9.85. The Hall–Kier alpha value is -2.66. The van der Waals surface area contributed by atoms with Gasteiger partial charge in [-0.2, -0.15) is 0 Å². The van der Waals surface area contributed by atoms with E-state index in [1.165, 1.54) is 5.52 Å². The molecule has 0 bridgehead atoms. The number of para-hydroxylation sites is 2. The van der Waals surface area contributed by atoms with Crippen molar-refractivity contribution in [3.05, 3.63) is 54.1 Å². The molecular weight excluding hydrogens is 324 g/mol. The summed E-state index contributed by atoms with van der Waals surface area (Å²) in [6.45, 7) is 0.